The van der Waals surface area contributed by atoms with Crippen LogP contribution in [-0.4, -0.2) is 40.3 Å². The molecule has 1 fully saturated rings. The first-order valence-electron chi connectivity index (χ1n) is 9.78. The maximum Gasteiger partial charge on any atom is 0.248 e. The minimum atomic E-state index is -0.204. The lowest BCUT2D eigenvalue weighted by atomic mass is 10.1. The third kappa shape index (κ3) is 5.22. The number of hydrogen-bond acceptors (Lipinski definition) is 5. The Morgan fingerprint density at radius 3 is 2.10 bits per heavy atom. The number of nitrogens with one attached hydrogen (secondary N) is 1. The summed E-state index contributed by atoms with van der Waals surface area (Å²) < 4.78 is 16.0. The summed E-state index contributed by atoms with van der Waals surface area (Å²) in [5, 5.41) is 2.89. The smallest absolute Gasteiger partial charge is 0.248 e. The number of benzene rings is 2. The summed E-state index contributed by atoms with van der Waals surface area (Å²) in [6.45, 7) is 2.20. The van der Waals surface area contributed by atoms with Gasteiger partial charge in [-0.15, -0.1) is 0 Å². The van der Waals surface area contributed by atoms with Gasteiger partial charge >= 0.3 is 0 Å². The molecular weight excluding hydrogens is 368 g/mol. The maximum absolute atomic E-state index is 12.3. The van der Waals surface area contributed by atoms with E-state index >= 15 is 0 Å². The number of anilines is 2. The lowest BCUT2D eigenvalue weighted by Gasteiger charge is -2.28. The molecule has 0 radical (unpaired) electrons. The lowest BCUT2D eigenvalue weighted by molar-refractivity contribution is -0.111. The highest BCUT2D eigenvalue weighted by Crippen LogP contribution is 2.38. The summed E-state index contributed by atoms with van der Waals surface area (Å²) >= 11 is 0. The van der Waals surface area contributed by atoms with E-state index in [1.54, 1.807) is 39.5 Å². The van der Waals surface area contributed by atoms with Gasteiger partial charge in [0.2, 0.25) is 11.7 Å². The van der Waals surface area contributed by atoms with Gasteiger partial charge < -0.3 is 24.4 Å². The number of methoxy groups -OCH3 is 3. The topological polar surface area (TPSA) is 60.0 Å². The zero-order chi connectivity index (χ0) is 20.6. The van der Waals surface area contributed by atoms with Gasteiger partial charge in [-0.25, -0.2) is 0 Å². The van der Waals surface area contributed by atoms with Crippen LogP contribution in [0, 0.1) is 0 Å². The quantitative estimate of drug-likeness (QED) is 0.705. The van der Waals surface area contributed by atoms with Gasteiger partial charge in [0.25, 0.3) is 0 Å². The highest BCUT2D eigenvalue weighted by molar-refractivity contribution is 6.02. The highest BCUT2D eigenvalue weighted by Gasteiger charge is 2.13. The van der Waals surface area contributed by atoms with Gasteiger partial charge in [0.1, 0.15) is 0 Å². The van der Waals surface area contributed by atoms with E-state index in [1.807, 2.05) is 12.1 Å². The number of carbonyl (C=O) groups excluding carboxylic acids is 1. The second kappa shape index (κ2) is 9.87. The fourth-order valence-electron chi connectivity index (χ4n) is 3.46. The molecule has 0 aliphatic carbocycles. The molecule has 1 saturated heterocycles. The van der Waals surface area contributed by atoms with Crippen molar-refractivity contribution in [2.24, 2.45) is 0 Å². The van der Waals surface area contributed by atoms with Crippen molar-refractivity contribution in [3.8, 4) is 17.2 Å². The van der Waals surface area contributed by atoms with E-state index in [2.05, 4.69) is 22.3 Å². The number of carbonyl (C=O) groups is 1. The fourth-order valence-corrected chi connectivity index (χ4v) is 3.46. The Morgan fingerprint density at radius 2 is 1.55 bits per heavy atom. The summed E-state index contributed by atoms with van der Waals surface area (Å²) in [5.41, 5.74) is 2.75. The van der Waals surface area contributed by atoms with Crippen molar-refractivity contribution in [3.63, 3.8) is 0 Å². The van der Waals surface area contributed by atoms with Gasteiger partial charge in [-0.2, -0.15) is 0 Å². The number of nitrogens with zero attached hydrogens (tertiary/aromatic N) is 1. The van der Waals surface area contributed by atoms with Gasteiger partial charge in [-0.1, -0.05) is 0 Å². The van der Waals surface area contributed by atoms with Crippen LogP contribution < -0.4 is 24.4 Å². The van der Waals surface area contributed by atoms with Crippen LogP contribution >= 0.6 is 0 Å². The monoisotopic (exact) mass is 396 g/mol. The van der Waals surface area contributed by atoms with E-state index in [0.29, 0.717) is 17.2 Å². The summed E-state index contributed by atoms with van der Waals surface area (Å²) in [6.07, 6.45) is 6.98. The molecule has 1 heterocycles. The van der Waals surface area contributed by atoms with Crippen molar-refractivity contribution in [1.82, 2.24) is 0 Å². The van der Waals surface area contributed by atoms with Crippen LogP contribution in [0.5, 0.6) is 17.2 Å². The molecule has 0 spiro atoms. The van der Waals surface area contributed by atoms with Crippen LogP contribution in [0.4, 0.5) is 11.4 Å². The molecule has 29 heavy (non-hydrogen) atoms. The number of hydrogen-bond donors (Lipinski definition) is 1. The van der Waals surface area contributed by atoms with Crippen LogP contribution in [-0.2, 0) is 4.79 Å². The van der Waals surface area contributed by atoms with Gasteiger partial charge in [0.15, 0.2) is 11.5 Å². The SMILES string of the molecule is COc1cc(C=CC(=O)Nc2ccc(N3CCCCC3)cc2)cc(OC)c1OC. The van der Waals surface area contributed by atoms with E-state index in [1.165, 1.54) is 31.0 Å². The summed E-state index contributed by atoms with van der Waals surface area (Å²) in [6, 6.07) is 11.6. The van der Waals surface area contributed by atoms with Gasteiger partial charge in [-0.3, -0.25) is 4.79 Å². The normalized spacial score (nSPS) is 14.0. The van der Waals surface area contributed by atoms with Crippen LogP contribution in [0.15, 0.2) is 42.5 Å². The molecule has 1 amide bonds. The Labute approximate surface area is 172 Å². The van der Waals surface area contributed by atoms with E-state index in [9.17, 15) is 4.79 Å². The summed E-state index contributed by atoms with van der Waals surface area (Å²) in [4.78, 5) is 14.7. The Balaban J connectivity index is 1.65. The Kier molecular flexibility index (Phi) is 7.00. The molecule has 6 nitrogen and oxygen atoms in total. The van der Waals surface area contributed by atoms with Crippen LogP contribution in [0.3, 0.4) is 0 Å². The molecular formula is C23H28N2O4. The first-order valence-corrected chi connectivity index (χ1v) is 9.78. The molecule has 6 heteroatoms. The van der Waals surface area contributed by atoms with Crippen molar-refractivity contribution in [2.45, 2.75) is 19.3 Å². The first-order chi connectivity index (χ1) is 14.1. The fraction of sp³-hybridized carbons (Fsp3) is 0.348. The number of piperidine rings is 1. The van der Waals surface area contributed by atoms with Gasteiger partial charge in [-0.05, 0) is 67.3 Å². The predicted octanol–water partition coefficient (Wildman–Crippen LogP) is 4.35. The second-order valence-electron chi connectivity index (χ2n) is 6.88. The highest BCUT2D eigenvalue weighted by atomic mass is 16.5. The molecule has 0 bridgehead atoms. The molecule has 154 valence electrons. The number of ether oxygens (including phenoxy) is 3. The van der Waals surface area contributed by atoms with Crippen molar-refractivity contribution in [3.05, 3.63) is 48.0 Å². The minimum absolute atomic E-state index is 0.204. The number of amides is 1. The Hall–Kier alpha value is -3.15. The van der Waals surface area contributed by atoms with Crippen molar-refractivity contribution >= 4 is 23.4 Å². The molecule has 0 unspecified atom stereocenters. The third-order valence-corrected chi connectivity index (χ3v) is 4.97. The first kappa shape index (κ1) is 20.6. The average Bonchev–Trinajstić information content (AvgIpc) is 2.78. The Bertz CT molecular complexity index is 831. The largest absolute Gasteiger partial charge is 0.493 e. The molecule has 0 aromatic heterocycles. The van der Waals surface area contributed by atoms with Crippen molar-refractivity contribution in [2.75, 3.05) is 44.6 Å². The molecule has 2 aromatic rings. The van der Waals surface area contributed by atoms with Crippen molar-refractivity contribution < 1.29 is 19.0 Å². The van der Waals surface area contributed by atoms with E-state index in [4.69, 9.17) is 14.2 Å². The van der Waals surface area contributed by atoms with E-state index in [-0.39, 0.29) is 5.91 Å². The molecule has 1 N–H and O–H groups in total. The maximum atomic E-state index is 12.3. The summed E-state index contributed by atoms with van der Waals surface area (Å²) in [5.74, 6) is 1.40. The average molecular weight is 396 g/mol. The lowest BCUT2D eigenvalue weighted by Crippen LogP contribution is -2.29. The summed E-state index contributed by atoms with van der Waals surface area (Å²) in [7, 11) is 4.68. The van der Waals surface area contributed by atoms with Crippen LogP contribution in [0.25, 0.3) is 6.08 Å². The van der Waals surface area contributed by atoms with E-state index < -0.39 is 0 Å². The zero-order valence-electron chi connectivity index (χ0n) is 17.2. The molecule has 0 saturated carbocycles. The molecule has 1 aliphatic heterocycles. The molecule has 2 aromatic carbocycles. The van der Waals surface area contributed by atoms with Gasteiger partial charge in [0.05, 0.1) is 21.3 Å². The molecule has 3 rings (SSSR count). The standard InChI is InChI=1S/C23H28N2O4/c1-27-20-15-17(16-21(28-2)23(20)29-3)7-12-22(26)24-18-8-10-19(11-9-18)25-13-5-4-6-14-25/h7-12,15-16H,4-6,13-14H2,1-3H3,(H,24,26). The molecule has 0 atom stereocenters. The zero-order valence-corrected chi connectivity index (χ0v) is 17.2. The number of rotatable bonds is 7. The second-order valence-corrected chi connectivity index (χ2v) is 6.88. The van der Waals surface area contributed by atoms with Gasteiger partial charge in [0, 0.05) is 30.5 Å². The van der Waals surface area contributed by atoms with Crippen LogP contribution in [0.2, 0.25) is 0 Å². The van der Waals surface area contributed by atoms with E-state index in [0.717, 1.165) is 24.3 Å². The predicted molar refractivity (Wildman–Crippen MR) is 116 cm³/mol. The molecule has 1 aliphatic rings. The van der Waals surface area contributed by atoms with Crippen LogP contribution in [0.1, 0.15) is 24.8 Å². The Morgan fingerprint density at radius 1 is 0.931 bits per heavy atom. The van der Waals surface area contributed by atoms with Crippen molar-refractivity contribution in [1.29, 1.82) is 0 Å². The minimum Gasteiger partial charge on any atom is -0.493 e. The third-order valence-electron chi connectivity index (χ3n) is 4.97.